The minimum atomic E-state index is -8.85. The van der Waals surface area contributed by atoms with Crippen molar-refractivity contribution in [2.45, 2.75) is 144 Å². The second-order valence-electron chi connectivity index (χ2n) is 17.3. The van der Waals surface area contributed by atoms with Crippen molar-refractivity contribution in [3.8, 4) is 0 Å². The van der Waals surface area contributed by atoms with E-state index in [9.17, 15) is 228 Å². The van der Waals surface area contributed by atoms with Crippen LogP contribution in [0.4, 0.5) is 228 Å². The highest BCUT2D eigenvalue weighted by atomic mass is 31.1. The predicted molar refractivity (Wildman–Crippen MR) is 190 cm³/mol. The summed E-state index contributed by atoms with van der Waals surface area (Å²) in [6, 6.07) is 0. The average molecular weight is 1540 g/mol. The molecule has 554 valence electrons. The number of ether oxygens (including phenoxy) is 4. The van der Waals surface area contributed by atoms with E-state index in [1.54, 1.807) is 0 Å². The number of alkyl halides is 52. The van der Waals surface area contributed by atoms with Crippen molar-refractivity contribution in [2.24, 2.45) is 0 Å². The summed E-state index contributed by atoms with van der Waals surface area (Å²) in [5, 5.41) is 0. The lowest BCUT2D eigenvalue weighted by molar-refractivity contribution is -0.465. The highest BCUT2D eigenvalue weighted by Gasteiger charge is 2.95. The van der Waals surface area contributed by atoms with Gasteiger partial charge in [-0.25, -0.2) is 0 Å². The van der Waals surface area contributed by atoms with Crippen LogP contribution in [-0.2, 0) is 18.9 Å². The number of hydrogen-bond donors (Lipinski definition) is 0. The Labute approximate surface area is 471 Å². The van der Waals surface area contributed by atoms with E-state index in [2.05, 4.69) is 18.9 Å². The summed E-state index contributed by atoms with van der Waals surface area (Å²) in [6.07, 6.45) is -78.1. The van der Waals surface area contributed by atoms with Gasteiger partial charge in [-0.1, -0.05) is 0 Å². The van der Waals surface area contributed by atoms with E-state index in [1.165, 1.54) is 0 Å². The molecule has 0 aliphatic heterocycles. The van der Waals surface area contributed by atoms with Crippen molar-refractivity contribution in [3.63, 3.8) is 0 Å². The Hall–Kier alpha value is -2.94. The highest BCUT2D eigenvalue weighted by molar-refractivity contribution is 7.61. The molecule has 0 saturated heterocycles. The van der Waals surface area contributed by atoms with Crippen LogP contribution in [0.25, 0.3) is 0 Å². The smallest absolute Gasteiger partial charge is 0.315 e. The zero-order valence-electron chi connectivity index (χ0n) is 41.3. The maximum atomic E-state index is 14.3. The van der Waals surface area contributed by atoms with Gasteiger partial charge in [-0.2, -0.15) is 228 Å². The first-order valence-electron chi connectivity index (χ1n) is 21.2. The Balaban J connectivity index is 8.02. The fraction of sp³-hybridized carbons (Fsp3) is 1.00. The summed E-state index contributed by atoms with van der Waals surface area (Å²) >= 11 is 0. The van der Waals surface area contributed by atoms with Gasteiger partial charge in [-0.3, -0.25) is 0 Å². The molecule has 0 N–H and O–H groups in total. The molecule has 0 amide bonds. The van der Waals surface area contributed by atoms with Gasteiger partial charge in [0.25, 0.3) is 0 Å². The molecule has 0 atom stereocenters. The van der Waals surface area contributed by atoms with Crippen LogP contribution in [0.5, 0.6) is 0 Å². The van der Waals surface area contributed by atoms with Crippen molar-refractivity contribution >= 4 is 15.8 Å². The van der Waals surface area contributed by atoms with Crippen LogP contribution in [0, 0.1) is 0 Å². The Morgan fingerprint density at radius 2 is 0.250 bits per heavy atom. The van der Waals surface area contributed by atoms with Crippen LogP contribution in [0.15, 0.2) is 0 Å². The zero-order valence-corrected chi connectivity index (χ0v) is 43.0. The molecule has 0 unspecified atom stereocenters. The van der Waals surface area contributed by atoms with Gasteiger partial charge in [-0.05, 0) is 37.0 Å². The highest BCUT2D eigenvalue weighted by Crippen LogP contribution is 2.66. The molecule has 0 rings (SSSR count). The molecule has 4 nitrogen and oxygen atoms in total. The zero-order chi connectivity index (χ0) is 75.1. The van der Waals surface area contributed by atoms with E-state index in [0.29, 0.717) is 0 Å². The fourth-order valence-corrected chi connectivity index (χ4v) is 10.6. The first-order valence-corrected chi connectivity index (χ1v) is 25.0. The molecule has 0 aliphatic rings. The number of rotatable bonds is 35. The minimum absolute atomic E-state index is 2.15. The van der Waals surface area contributed by atoms with E-state index in [0.717, 1.165) is 0 Å². The fourth-order valence-electron chi connectivity index (χ4n) is 5.55. The molecule has 0 aromatic carbocycles. The molecule has 0 fully saturated rings. The third-order valence-corrected chi connectivity index (χ3v) is 16.4. The molecular formula is C34H20F52O4P2. The molecule has 58 heteroatoms. The number of hydrogen-bond acceptors (Lipinski definition) is 4. The van der Waals surface area contributed by atoms with Gasteiger partial charge in [0.2, 0.25) is 0 Å². The van der Waals surface area contributed by atoms with Crippen molar-refractivity contribution in [3.05, 3.63) is 0 Å². The van der Waals surface area contributed by atoms with Crippen LogP contribution in [-0.4, -0.2) is 207 Å². The molecule has 0 radical (unpaired) electrons. The van der Waals surface area contributed by atoms with Crippen LogP contribution in [0.3, 0.4) is 0 Å². The Kier molecular flexibility index (Phi) is 24.9. The van der Waals surface area contributed by atoms with Crippen LogP contribution in [0.2, 0.25) is 0 Å². The van der Waals surface area contributed by atoms with Crippen molar-refractivity contribution in [1.29, 1.82) is 0 Å². The molecule has 0 saturated carbocycles. The minimum Gasteiger partial charge on any atom is -0.315 e. The first-order chi connectivity index (χ1) is 39.4. The molecule has 0 aromatic rings. The molecular weight excluding hydrogens is 1520 g/mol. The second-order valence-corrected chi connectivity index (χ2v) is 22.7. The van der Waals surface area contributed by atoms with Gasteiger partial charge < -0.3 is 18.9 Å². The molecule has 92 heavy (non-hydrogen) atoms. The maximum absolute atomic E-state index is 14.3. The third kappa shape index (κ3) is 14.6. The Morgan fingerprint density at radius 3 is 0.359 bits per heavy atom. The van der Waals surface area contributed by atoms with Crippen LogP contribution < -0.4 is 0 Å². The van der Waals surface area contributed by atoms with Gasteiger partial charge in [0.15, 0.2) is 0 Å². The van der Waals surface area contributed by atoms with E-state index in [-0.39, 0.29) is 0 Å². The summed E-state index contributed by atoms with van der Waals surface area (Å²) in [6.45, 7) is -12.4. The monoisotopic (exact) mass is 1540 g/mol. The van der Waals surface area contributed by atoms with Crippen LogP contribution >= 0.6 is 15.8 Å². The Bertz CT molecular complexity index is 2090. The standard InChI is InChI=1S/C34H20F52O4P2/c35-11(36,19(51,52)27(67,68)69)15(43,44)23(59,60)31(79,80)87-1-5-91(6-2-88-32(81,82)24(61,62)16(45,46)12(37,38)20(53,54)28(70,71)72)9-10-92(7-3-89-33(83,84)25(63,64)17(47,48)13(39,40)21(55,56)29(73,74)75)8-4-90-34(85,86)26(65,66)18(49,50)14(41,42)22(57,58)30(76,77)78/h1-10H2. The van der Waals surface area contributed by atoms with Crippen molar-refractivity contribution < 1.29 is 247 Å². The summed E-state index contributed by atoms with van der Waals surface area (Å²) in [7, 11) is -8.12. The van der Waals surface area contributed by atoms with Gasteiger partial charge in [-0.15, -0.1) is 15.8 Å². The lowest BCUT2D eigenvalue weighted by atomic mass is 9.97. The van der Waals surface area contributed by atoms with Crippen molar-refractivity contribution in [1.82, 2.24) is 0 Å². The van der Waals surface area contributed by atoms with Crippen LogP contribution in [0.1, 0.15) is 0 Å². The van der Waals surface area contributed by atoms with E-state index in [1.807, 2.05) is 0 Å². The van der Waals surface area contributed by atoms with Crippen molar-refractivity contribution in [2.75, 3.05) is 63.4 Å². The van der Waals surface area contributed by atoms with E-state index in [4.69, 9.17) is 0 Å². The largest absolute Gasteiger partial charge is 0.460 e. The molecule has 0 spiro atoms. The first kappa shape index (κ1) is 89.1. The summed E-state index contributed by atoms with van der Waals surface area (Å²) in [5.74, 6) is -139. The Morgan fingerprint density at radius 1 is 0.141 bits per heavy atom. The third-order valence-electron chi connectivity index (χ3n) is 11.1. The molecule has 0 heterocycles. The molecule has 0 aromatic heterocycles. The lowest BCUT2D eigenvalue weighted by Crippen LogP contribution is -2.70. The van der Waals surface area contributed by atoms with Gasteiger partial charge in [0.1, 0.15) is 0 Å². The SMILES string of the molecule is FC(F)(F)C(F)(F)C(F)(F)C(F)(F)C(F)(F)C(F)(F)OCCP(CCOC(F)(F)C(F)(F)C(F)(F)C(F)(F)C(F)(F)C(F)(F)F)CCP(CCOC(F)(F)C(F)(F)C(F)(F)C(F)(F)C(F)(F)C(F)(F)F)CCOC(F)(F)C(F)(F)C(F)(F)C(F)(F)C(F)(F)C(F)(F)F. The topological polar surface area (TPSA) is 36.9 Å². The van der Waals surface area contributed by atoms with Gasteiger partial charge in [0, 0.05) is 0 Å². The quantitative estimate of drug-likeness (QED) is 0.0468. The van der Waals surface area contributed by atoms with Gasteiger partial charge >= 0.3 is 144 Å². The summed E-state index contributed by atoms with van der Waals surface area (Å²) < 4.78 is 715. The second kappa shape index (κ2) is 25.7. The molecule has 0 bridgehead atoms. The van der Waals surface area contributed by atoms with E-state index < -0.39 is 223 Å². The summed E-state index contributed by atoms with van der Waals surface area (Å²) in [4.78, 5) is 0. The van der Waals surface area contributed by atoms with Gasteiger partial charge in [0.05, 0.1) is 26.4 Å². The predicted octanol–water partition coefficient (Wildman–Crippen LogP) is 18.8. The average Bonchev–Trinajstić information content (AvgIpc) is 0.736. The molecule has 0 aliphatic carbocycles. The maximum Gasteiger partial charge on any atom is 0.460 e. The summed E-state index contributed by atoms with van der Waals surface area (Å²) in [5.41, 5.74) is 0. The number of halogens is 52. The van der Waals surface area contributed by atoms with E-state index >= 15 is 0 Å². The normalized spacial score (nSPS) is 16.6. The lowest BCUT2D eigenvalue weighted by Gasteiger charge is -2.39.